The SMILES string of the molecule is CC(NC(=O)OC(C)(C)C)C(=O)N1CCC(Oc2ncc(B3OC(C)(C)C(C)(C)O3)cn2)C1. The molecule has 11 heteroatoms. The summed E-state index contributed by atoms with van der Waals surface area (Å²) < 4.78 is 23.1. The molecule has 0 saturated carbocycles. The molecule has 0 bridgehead atoms. The number of hydrogen-bond acceptors (Lipinski definition) is 8. The molecule has 0 spiro atoms. The van der Waals surface area contributed by atoms with Crippen LogP contribution in [0.1, 0.15) is 61.8 Å². The Morgan fingerprint density at radius 3 is 2.30 bits per heavy atom. The lowest BCUT2D eigenvalue weighted by molar-refractivity contribution is -0.132. The molecule has 2 fully saturated rings. The van der Waals surface area contributed by atoms with Crippen LogP contribution in [0.25, 0.3) is 0 Å². The number of amides is 2. The minimum Gasteiger partial charge on any atom is -0.458 e. The van der Waals surface area contributed by atoms with E-state index in [4.69, 9.17) is 18.8 Å². The molecule has 2 aliphatic rings. The highest BCUT2D eigenvalue weighted by molar-refractivity contribution is 6.61. The molecule has 182 valence electrons. The fraction of sp³-hybridized carbons (Fsp3) is 0.727. The van der Waals surface area contributed by atoms with Gasteiger partial charge in [0.1, 0.15) is 17.7 Å². The van der Waals surface area contributed by atoms with Crippen LogP contribution in [0.2, 0.25) is 0 Å². The fourth-order valence-corrected chi connectivity index (χ4v) is 3.48. The highest BCUT2D eigenvalue weighted by Crippen LogP contribution is 2.36. The van der Waals surface area contributed by atoms with Crippen LogP contribution in [-0.2, 0) is 18.8 Å². The maximum atomic E-state index is 12.7. The van der Waals surface area contributed by atoms with Crippen molar-refractivity contribution in [3.8, 4) is 6.01 Å². The van der Waals surface area contributed by atoms with E-state index in [0.717, 1.165) is 0 Å². The summed E-state index contributed by atoms with van der Waals surface area (Å²) >= 11 is 0. The molecule has 2 atom stereocenters. The van der Waals surface area contributed by atoms with Crippen molar-refractivity contribution >= 4 is 24.6 Å². The molecule has 33 heavy (non-hydrogen) atoms. The van der Waals surface area contributed by atoms with Crippen molar-refractivity contribution in [1.29, 1.82) is 0 Å². The Morgan fingerprint density at radius 2 is 1.76 bits per heavy atom. The van der Waals surface area contributed by atoms with E-state index >= 15 is 0 Å². The predicted molar refractivity (Wildman–Crippen MR) is 122 cm³/mol. The van der Waals surface area contributed by atoms with E-state index in [1.165, 1.54) is 0 Å². The Kier molecular flexibility index (Phi) is 6.96. The minimum atomic E-state index is -0.700. The first-order valence-electron chi connectivity index (χ1n) is 11.3. The monoisotopic (exact) mass is 462 g/mol. The van der Waals surface area contributed by atoms with E-state index in [9.17, 15) is 9.59 Å². The topological polar surface area (TPSA) is 112 Å². The van der Waals surface area contributed by atoms with Crippen LogP contribution in [0, 0.1) is 0 Å². The first kappa shape index (κ1) is 25.2. The summed E-state index contributed by atoms with van der Waals surface area (Å²) in [7, 11) is -0.539. The first-order chi connectivity index (χ1) is 15.2. The van der Waals surface area contributed by atoms with E-state index < -0.39 is 36.1 Å². The first-order valence-corrected chi connectivity index (χ1v) is 11.3. The van der Waals surface area contributed by atoms with Gasteiger partial charge in [0, 0.05) is 30.8 Å². The van der Waals surface area contributed by atoms with Crippen molar-refractivity contribution in [3.63, 3.8) is 0 Å². The van der Waals surface area contributed by atoms with Gasteiger partial charge in [0.2, 0.25) is 5.91 Å². The summed E-state index contributed by atoms with van der Waals surface area (Å²) in [6.07, 6.45) is 3.06. The van der Waals surface area contributed by atoms with Gasteiger partial charge in [0.05, 0.1) is 17.7 Å². The second-order valence-electron chi connectivity index (χ2n) is 10.6. The van der Waals surface area contributed by atoms with Gasteiger partial charge < -0.3 is 29.0 Å². The largest absolute Gasteiger partial charge is 0.498 e. The average Bonchev–Trinajstić information content (AvgIpc) is 3.21. The van der Waals surface area contributed by atoms with E-state index in [1.54, 1.807) is 45.0 Å². The number of alkyl carbamates (subject to hydrolysis) is 1. The van der Waals surface area contributed by atoms with Crippen LogP contribution >= 0.6 is 0 Å². The number of nitrogens with zero attached hydrogens (tertiary/aromatic N) is 3. The number of ether oxygens (including phenoxy) is 2. The maximum absolute atomic E-state index is 12.7. The summed E-state index contributed by atoms with van der Waals surface area (Å²) in [5.41, 5.74) is -0.798. The third-order valence-electron chi connectivity index (χ3n) is 6.01. The number of nitrogens with one attached hydrogen (secondary N) is 1. The van der Waals surface area contributed by atoms with Crippen molar-refractivity contribution in [1.82, 2.24) is 20.2 Å². The van der Waals surface area contributed by atoms with Gasteiger partial charge >= 0.3 is 19.2 Å². The minimum absolute atomic E-state index is 0.191. The second-order valence-corrected chi connectivity index (χ2v) is 10.6. The highest BCUT2D eigenvalue weighted by atomic mass is 16.7. The lowest BCUT2D eigenvalue weighted by atomic mass is 9.81. The zero-order valence-electron chi connectivity index (χ0n) is 20.8. The van der Waals surface area contributed by atoms with Crippen LogP contribution in [-0.4, -0.2) is 76.0 Å². The van der Waals surface area contributed by atoms with Crippen LogP contribution in [0.15, 0.2) is 12.4 Å². The zero-order chi connectivity index (χ0) is 24.6. The summed E-state index contributed by atoms with van der Waals surface area (Å²) in [5, 5.41) is 2.58. The Morgan fingerprint density at radius 1 is 1.18 bits per heavy atom. The van der Waals surface area contributed by atoms with Gasteiger partial charge in [-0.15, -0.1) is 0 Å². The van der Waals surface area contributed by atoms with Crippen molar-refractivity contribution in [2.45, 2.75) is 90.8 Å². The lowest BCUT2D eigenvalue weighted by Gasteiger charge is -2.32. The average molecular weight is 462 g/mol. The third-order valence-corrected chi connectivity index (χ3v) is 6.01. The van der Waals surface area contributed by atoms with Crippen molar-refractivity contribution in [2.24, 2.45) is 0 Å². The third kappa shape index (κ3) is 6.14. The van der Waals surface area contributed by atoms with Gasteiger partial charge in [-0.05, 0) is 55.4 Å². The van der Waals surface area contributed by atoms with Crippen molar-refractivity contribution < 1.29 is 28.4 Å². The molecule has 10 nitrogen and oxygen atoms in total. The summed E-state index contributed by atoms with van der Waals surface area (Å²) in [4.78, 5) is 34.8. The molecule has 1 aromatic rings. The molecule has 0 aromatic carbocycles. The van der Waals surface area contributed by atoms with Gasteiger partial charge in [0.25, 0.3) is 0 Å². The second kappa shape index (κ2) is 9.10. The fourth-order valence-electron chi connectivity index (χ4n) is 3.48. The molecule has 2 aliphatic heterocycles. The smallest absolute Gasteiger partial charge is 0.458 e. The van der Waals surface area contributed by atoms with Gasteiger partial charge in [0.15, 0.2) is 0 Å². The molecule has 3 heterocycles. The normalized spacial score (nSPS) is 22.7. The Balaban J connectivity index is 1.50. The molecule has 1 aromatic heterocycles. The van der Waals surface area contributed by atoms with E-state index in [2.05, 4.69) is 15.3 Å². The number of rotatable bonds is 5. The molecular weight excluding hydrogens is 427 g/mol. The van der Waals surface area contributed by atoms with Crippen LogP contribution < -0.4 is 15.5 Å². The van der Waals surface area contributed by atoms with E-state index in [-0.39, 0.29) is 18.0 Å². The van der Waals surface area contributed by atoms with Gasteiger partial charge in [-0.1, -0.05) is 0 Å². The standard InChI is InChI=1S/C22H35BN4O6/c1-14(26-19(29)31-20(2,3)4)17(28)27-10-9-16(13-27)30-18-24-11-15(12-25-18)23-32-21(5,6)22(7,8)33-23/h11-12,14,16H,9-10,13H2,1-8H3,(H,26,29). The highest BCUT2D eigenvalue weighted by Gasteiger charge is 2.52. The summed E-state index contributed by atoms with van der Waals surface area (Å²) in [6.45, 7) is 15.8. The molecule has 0 aliphatic carbocycles. The van der Waals surface area contributed by atoms with Crippen molar-refractivity contribution in [3.05, 3.63) is 12.4 Å². The van der Waals surface area contributed by atoms with E-state index in [0.29, 0.717) is 25.0 Å². The quantitative estimate of drug-likeness (QED) is 0.658. The van der Waals surface area contributed by atoms with Crippen molar-refractivity contribution in [2.75, 3.05) is 13.1 Å². The molecular formula is C22H35BN4O6. The number of aromatic nitrogens is 2. The molecule has 0 radical (unpaired) electrons. The molecule has 2 amide bonds. The molecule has 3 rings (SSSR count). The lowest BCUT2D eigenvalue weighted by Crippen LogP contribution is -2.47. The summed E-state index contributed by atoms with van der Waals surface area (Å²) in [5.74, 6) is -0.191. The molecule has 2 unspecified atom stereocenters. The van der Waals surface area contributed by atoms with Gasteiger partial charge in [-0.2, -0.15) is 0 Å². The molecule has 1 N–H and O–H groups in total. The van der Waals surface area contributed by atoms with Crippen LogP contribution in [0.5, 0.6) is 6.01 Å². The van der Waals surface area contributed by atoms with Crippen LogP contribution in [0.4, 0.5) is 4.79 Å². The Labute approximate surface area is 195 Å². The number of carbonyl (C=O) groups is 2. The maximum Gasteiger partial charge on any atom is 0.498 e. The van der Waals surface area contributed by atoms with Gasteiger partial charge in [-0.3, -0.25) is 4.79 Å². The number of likely N-dealkylation sites (tertiary alicyclic amines) is 1. The van der Waals surface area contributed by atoms with E-state index in [1.807, 2.05) is 27.7 Å². The Bertz CT molecular complexity index is 855. The number of carbonyl (C=O) groups excluding carboxylic acids is 2. The summed E-state index contributed by atoms with van der Waals surface area (Å²) in [6, 6.07) is -0.469. The zero-order valence-corrected chi connectivity index (χ0v) is 20.8. The van der Waals surface area contributed by atoms with Crippen LogP contribution in [0.3, 0.4) is 0 Å². The Hall–Kier alpha value is -2.40. The van der Waals surface area contributed by atoms with Gasteiger partial charge in [-0.25, -0.2) is 14.8 Å². The predicted octanol–water partition coefficient (Wildman–Crippen LogP) is 1.67. The molecule has 2 saturated heterocycles. The number of hydrogen-bond donors (Lipinski definition) is 1.